The normalized spacial score (nSPS) is 11.3. The average molecular weight is 510 g/mol. The number of carbonyl (C=O) groups is 1. The van der Waals surface area contributed by atoms with E-state index in [1.165, 1.54) is 11.8 Å². The Hall–Kier alpha value is -4.28. The third kappa shape index (κ3) is 6.11. The van der Waals surface area contributed by atoms with Crippen LogP contribution >= 0.6 is 11.8 Å². The standard InChI is InChI=1S/C30H27N3O3S/c1-19-5-11-23(12-6-19)32-29(34)20(2)37-30-27(18-31)26(21-7-13-24(35-3)14-8-21)17-28(33-30)22-9-15-25(36-4)16-10-22/h5-17,20H,1-4H3,(H,32,34)/t20-/m0/s1. The van der Waals surface area contributed by atoms with Gasteiger partial charge in [0, 0.05) is 16.8 Å². The Balaban J connectivity index is 1.73. The van der Waals surface area contributed by atoms with Crippen LogP contribution in [0.1, 0.15) is 18.1 Å². The molecule has 1 N–H and O–H groups in total. The van der Waals surface area contributed by atoms with Crippen LogP contribution in [-0.2, 0) is 4.79 Å². The number of amides is 1. The van der Waals surface area contributed by atoms with Crippen LogP contribution in [0.25, 0.3) is 22.4 Å². The molecule has 0 saturated heterocycles. The summed E-state index contributed by atoms with van der Waals surface area (Å²) in [7, 11) is 3.23. The molecule has 0 bridgehead atoms. The Morgan fingerprint density at radius 2 is 1.49 bits per heavy atom. The van der Waals surface area contributed by atoms with Gasteiger partial charge in [-0.25, -0.2) is 4.98 Å². The number of hydrogen-bond acceptors (Lipinski definition) is 6. The number of aryl methyl sites for hydroxylation is 1. The molecule has 0 fully saturated rings. The lowest BCUT2D eigenvalue weighted by Gasteiger charge is -2.16. The molecular weight excluding hydrogens is 482 g/mol. The lowest BCUT2D eigenvalue weighted by atomic mass is 9.99. The van der Waals surface area contributed by atoms with Crippen LogP contribution in [0.15, 0.2) is 83.9 Å². The van der Waals surface area contributed by atoms with E-state index in [1.54, 1.807) is 14.2 Å². The van der Waals surface area contributed by atoms with E-state index in [-0.39, 0.29) is 5.91 Å². The maximum Gasteiger partial charge on any atom is 0.237 e. The first-order valence-electron chi connectivity index (χ1n) is 11.7. The minimum Gasteiger partial charge on any atom is -0.497 e. The molecule has 186 valence electrons. The zero-order valence-electron chi connectivity index (χ0n) is 21.1. The molecule has 1 atom stereocenters. The fourth-order valence-corrected chi connectivity index (χ4v) is 4.65. The molecule has 7 heteroatoms. The monoisotopic (exact) mass is 509 g/mol. The van der Waals surface area contributed by atoms with E-state index in [9.17, 15) is 10.1 Å². The Morgan fingerprint density at radius 3 is 2.03 bits per heavy atom. The van der Waals surface area contributed by atoms with Gasteiger partial charge in [-0.3, -0.25) is 4.79 Å². The molecule has 0 aliphatic carbocycles. The maximum atomic E-state index is 13.0. The number of benzene rings is 3. The van der Waals surface area contributed by atoms with Crippen LogP contribution in [-0.4, -0.2) is 30.4 Å². The van der Waals surface area contributed by atoms with Crippen LogP contribution in [0, 0.1) is 18.3 Å². The first-order chi connectivity index (χ1) is 17.9. The quantitative estimate of drug-likeness (QED) is 0.265. The van der Waals surface area contributed by atoms with Gasteiger partial charge in [0.2, 0.25) is 5.91 Å². The molecule has 1 aromatic heterocycles. The molecule has 1 amide bonds. The number of aromatic nitrogens is 1. The summed E-state index contributed by atoms with van der Waals surface area (Å²) >= 11 is 1.26. The number of nitrogens with one attached hydrogen (secondary N) is 1. The minimum absolute atomic E-state index is 0.166. The Morgan fingerprint density at radius 1 is 0.919 bits per heavy atom. The van der Waals surface area contributed by atoms with Gasteiger partial charge in [-0.05, 0) is 74.0 Å². The van der Waals surface area contributed by atoms with E-state index >= 15 is 0 Å². The van der Waals surface area contributed by atoms with Gasteiger partial charge < -0.3 is 14.8 Å². The summed E-state index contributed by atoms with van der Waals surface area (Å²) in [6, 6.07) is 27.0. The third-order valence-corrected chi connectivity index (χ3v) is 6.95. The van der Waals surface area contributed by atoms with E-state index < -0.39 is 5.25 Å². The molecule has 37 heavy (non-hydrogen) atoms. The number of hydrogen-bond donors (Lipinski definition) is 1. The maximum absolute atomic E-state index is 13.0. The fourth-order valence-electron chi connectivity index (χ4n) is 3.72. The molecule has 0 unspecified atom stereocenters. The van der Waals surface area contributed by atoms with Gasteiger partial charge in [0.15, 0.2) is 0 Å². The van der Waals surface area contributed by atoms with Crippen LogP contribution in [0.2, 0.25) is 0 Å². The van der Waals surface area contributed by atoms with Crippen LogP contribution in [0.4, 0.5) is 5.69 Å². The number of methoxy groups -OCH3 is 2. The zero-order chi connectivity index (χ0) is 26.4. The predicted octanol–water partition coefficient (Wildman–Crippen LogP) is 6.73. The van der Waals surface area contributed by atoms with Crippen molar-refractivity contribution in [2.75, 3.05) is 19.5 Å². The molecule has 3 aromatic carbocycles. The predicted molar refractivity (Wildman–Crippen MR) is 148 cm³/mol. The topological polar surface area (TPSA) is 84.2 Å². The van der Waals surface area contributed by atoms with Gasteiger partial charge in [-0.1, -0.05) is 41.6 Å². The lowest BCUT2D eigenvalue weighted by Crippen LogP contribution is -2.22. The minimum atomic E-state index is -0.490. The smallest absolute Gasteiger partial charge is 0.237 e. The highest BCUT2D eigenvalue weighted by molar-refractivity contribution is 8.00. The van der Waals surface area contributed by atoms with Crippen molar-refractivity contribution >= 4 is 23.4 Å². The number of nitriles is 1. The van der Waals surface area contributed by atoms with Crippen molar-refractivity contribution in [3.8, 4) is 40.0 Å². The number of anilines is 1. The SMILES string of the molecule is COc1ccc(-c2cc(-c3ccc(OC)cc3)c(C#N)c(S[C@@H](C)C(=O)Nc3ccc(C)cc3)n2)cc1. The summed E-state index contributed by atoms with van der Waals surface area (Å²) in [6.45, 7) is 3.81. The summed E-state index contributed by atoms with van der Waals surface area (Å²) in [6.07, 6.45) is 0. The van der Waals surface area contributed by atoms with Crippen molar-refractivity contribution in [2.24, 2.45) is 0 Å². The third-order valence-electron chi connectivity index (χ3n) is 5.86. The zero-order valence-corrected chi connectivity index (χ0v) is 21.9. The highest BCUT2D eigenvalue weighted by Crippen LogP contribution is 2.36. The van der Waals surface area contributed by atoms with Crippen molar-refractivity contribution in [2.45, 2.75) is 24.1 Å². The second-order valence-corrected chi connectivity index (χ2v) is 9.75. The number of thioether (sulfide) groups is 1. The van der Waals surface area contributed by atoms with Gasteiger partial charge in [0.25, 0.3) is 0 Å². The highest BCUT2D eigenvalue weighted by atomic mass is 32.2. The molecule has 0 aliphatic heterocycles. The van der Waals surface area contributed by atoms with E-state index in [2.05, 4.69) is 11.4 Å². The van der Waals surface area contributed by atoms with Crippen LogP contribution in [0.5, 0.6) is 11.5 Å². The summed E-state index contributed by atoms with van der Waals surface area (Å²) < 4.78 is 10.6. The average Bonchev–Trinajstić information content (AvgIpc) is 2.94. The van der Waals surface area contributed by atoms with Gasteiger partial charge in [-0.2, -0.15) is 5.26 Å². The number of rotatable bonds is 8. The molecule has 4 rings (SSSR count). The van der Waals surface area contributed by atoms with E-state index in [0.29, 0.717) is 16.3 Å². The lowest BCUT2D eigenvalue weighted by molar-refractivity contribution is -0.115. The first kappa shape index (κ1) is 25.8. The molecule has 0 aliphatic rings. The summed E-state index contributed by atoms with van der Waals surface area (Å²) in [5.41, 5.74) is 5.42. The molecule has 1 heterocycles. The Labute approximate surface area is 221 Å². The molecular formula is C30H27N3O3S. The number of carbonyl (C=O) groups excluding carboxylic acids is 1. The fraction of sp³-hybridized carbons (Fsp3) is 0.167. The summed E-state index contributed by atoms with van der Waals surface area (Å²) in [5.74, 6) is 1.30. The number of nitrogens with zero attached hydrogens (tertiary/aromatic N) is 2. The van der Waals surface area contributed by atoms with Crippen molar-refractivity contribution in [3.63, 3.8) is 0 Å². The Kier molecular flexibility index (Phi) is 8.11. The van der Waals surface area contributed by atoms with Gasteiger partial charge in [-0.15, -0.1) is 0 Å². The van der Waals surface area contributed by atoms with E-state index in [1.807, 2.05) is 92.7 Å². The van der Waals surface area contributed by atoms with Crippen molar-refractivity contribution in [1.29, 1.82) is 5.26 Å². The van der Waals surface area contributed by atoms with Crippen molar-refractivity contribution < 1.29 is 14.3 Å². The molecule has 0 saturated carbocycles. The van der Waals surface area contributed by atoms with Crippen LogP contribution < -0.4 is 14.8 Å². The van der Waals surface area contributed by atoms with Crippen molar-refractivity contribution in [1.82, 2.24) is 4.98 Å². The van der Waals surface area contributed by atoms with Gasteiger partial charge in [0.05, 0.1) is 30.7 Å². The Bertz CT molecular complexity index is 1430. The molecule has 6 nitrogen and oxygen atoms in total. The summed E-state index contributed by atoms with van der Waals surface area (Å²) in [4.78, 5) is 17.8. The number of ether oxygens (including phenoxy) is 2. The molecule has 4 aromatic rings. The number of pyridine rings is 1. The van der Waals surface area contributed by atoms with E-state index in [4.69, 9.17) is 14.5 Å². The second-order valence-electron chi connectivity index (χ2n) is 8.42. The van der Waals surface area contributed by atoms with E-state index in [0.717, 1.165) is 39.4 Å². The van der Waals surface area contributed by atoms with Gasteiger partial charge >= 0.3 is 0 Å². The summed E-state index contributed by atoms with van der Waals surface area (Å²) in [5, 5.41) is 13.1. The second kappa shape index (κ2) is 11.6. The van der Waals surface area contributed by atoms with Gasteiger partial charge in [0.1, 0.15) is 22.6 Å². The highest BCUT2D eigenvalue weighted by Gasteiger charge is 2.21. The largest absolute Gasteiger partial charge is 0.497 e. The van der Waals surface area contributed by atoms with Crippen LogP contribution in [0.3, 0.4) is 0 Å². The molecule has 0 spiro atoms. The van der Waals surface area contributed by atoms with Crippen molar-refractivity contribution in [3.05, 3.63) is 90.0 Å². The first-order valence-corrected chi connectivity index (χ1v) is 12.6. The molecule has 0 radical (unpaired) electrons.